The Kier molecular flexibility index (Phi) is 7.25. The van der Waals surface area contributed by atoms with E-state index in [1.165, 1.54) is 23.9 Å². The smallest absolute Gasteiger partial charge is 0.232 e. The molecule has 176 valence electrons. The predicted molar refractivity (Wildman–Crippen MR) is 132 cm³/mol. The maximum Gasteiger partial charge on any atom is 0.232 e. The van der Waals surface area contributed by atoms with E-state index in [9.17, 15) is 4.39 Å². The minimum atomic E-state index is -0.328. The maximum absolute atomic E-state index is 13.2. The van der Waals surface area contributed by atoms with Gasteiger partial charge in [0.15, 0.2) is 11.0 Å². The third-order valence-electron chi connectivity index (χ3n) is 5.02. The van der Waals surface area contributed by atoms with Gasteiger partial charge in [-0.15, -0.1) is 10.2 Å². The Balaban J connectivity index is 1.59. The van der Waals surface area contributed by atoms with Crippen molar-refractivity contribution >= 4 is 40.9 Å². The topological polar surface area (TPSA) is 111 Å². The highest BCUT2D eigenvalue weighted by Gasteiger charge is 2.21. The van der Waals surface area contributed by atoms with Crippen LogP contribution >= 0.6 is 23.4 Å². The second-order valence-electron chi connectivity index (χ2n) is 7.65. The van der Waals surface area contributed by atoms with Crippen LogP contribution in [0, 0.1) is 5.82 Å². The van der Waals surface area contributed by atoms with Gasteiger partial charge in [-0.05, 0) is 69.6 Å². The van der Waals surface area contributed by atoms with Crippen LogP contribution in [-0.4, -0.2) is 48.7 Å². The fraction of sp³-hybridized carbons (Fsp3) is 0.227. The SMILES string of the molecule is C[C@@H](c1nnc(SCc2nc(N)nc(Nc3ccc(F)cc3)n2)n1-c1ccc(Cl)cc1)N(C)C. The highest BCUT2D eigenvalue weighted by Crippen LogP contribution is 2.29. The van der Waals surface area contributed by atoms with Crippen LogP contribution in [0.2, 0.25) is 5.02 Å². The molecule has 9 nitrogen and oxygen atoms in total. The number of nitrogen functional groups attached to an aromatic ring is 1. The lowest BCUT2D eigenvalue weighted by Crippen LogP contribution is -2.20. The van der Waals surface area contributed by atoms with Crippen LogP contribution in [0.3, 0.4) is 0 Å². The lowest BCUT2D eigenvalue weighted by Gasteiger charge is -2.20. The van der Waals surface area contributed by atoms with Crippen molar-refractivity contribution in [3.8, 4) is 5.69 Å². The molecule has 0 saturated heterocycles. The molecule has 4 aromatic rings. The number of rotatable bonds is 8. The standard InChI is InChI=1S/C22H23ClFN9S/c1-13(32(2)3)19-30-31-22(33(19)17-10-4-14(23)5-11-17)34-12-18-27-20(25)29-21(28-18)26-16-8-6-15(24)7-9-16/h4-11,13H,12H2,1-3H3,(H3,25,26,27,28,29)/t13-/m0/s1. The van der Waals surface area contributed by atoms with Gasteiger partial charge in [0.2, 0.25) is 11.9 Å². The zero-order valence-corrected chi connectivity index (χ0v) is 20.3. The molecule has 0 radical (unpaired) electrons. The minimum absolute atomic E-state index is 0.0249. The van der Waals surface area contributed by atoms with Gasteiger partial charge >= 0.3 is 0 Å². The zero-order chi connectivity index (χ0) is 24.2. The van der Waals surface area contributed by atoms with E-state index in [1.807, 2.05) is 42.9 Å². The van der Waals surface area contributed by atoms with Gasteiger partial charge in [0.05, 0.1) is 11.8 Å². The zero-order valence-electron chi connectivity index (χ0n) is 18.8. The van der Waals surface area contributed by atoms with Gasteiger partial charge in [0, 0.05) is 16.4 Å². The van der Waals surface area contributed by atoms with Gasteiger partial charge in [-0.25, -0.2) is 4.39 Å². The van der Waals surface area contributed by atoms with Crippen molar-refractivity contribution in [2.45, 2.75) is 23.9 Å². The van der Waals surface area contributed by atoms with E-state index in [0.717, 1.165) is 11.5 Å². The number of aromatic nitrogens is 6. The number of nitrogens with zero attached hydrogens (tertiary/aromatic N) is 7. The minimum Gasteiger partial charge on any atom is -0.368 e. The monoisotopic (exact) mass is 499 g/mol. The first-order valence-corrected chi connectivity index (χ1v) is 11.7. The van der Waals surface area contributed by atoms with E-state index in [2.05, 4.69) is 42.3 Å². The number of thioether (sulfide) groups is 1. The second-order valence-corrected chi connectivity index (χ2v) is 9.03. The summed E-state index contributed by atoms with van der Waals surface area (Å²) in [7, 11) is 3.98. The second kappa shape index (κ2) is 10.3. The number of nitrogens with one attached hydrogen (secondary N) is 1. The molecule has 0 spiro atoms. The average molecular weight is 500 g/mol. The van der Waals surface area contributed by atoms with Gasteiger partial charge in [-0.1, -0.05) is 23.4 Å². The van der Waals surface area contributed by atoms with Crippen molar-refractivity contribution in [3.05, 3.63) is 71.0 Å². The van der Waals surface area contributed by atoms with E-state index < -0.39 is 0 Å². The van der Waals surface area contributed by atoms with Gasteiger partial charge in [0.25, 0.3) is 0 Å². The molecule has 34 heavy (non-hydrogen) atoms. The van der Waals surface area contributed by atoms with E-state index in [-0.39, 0.29) is 23.8 Å². The number of benzene rings is 2. The summed E-state index contributed by atoms with van der Waals surface area (Å²) in [6.45, 7) is 2.06. The summed E-state index contributed by atoms with van der Waals surface area (Å²) in [5.41, 5.74) is 7.43. The molecule has 0 fully saturated rings. The molecule has 0 saturated carbocycles. The molecular weight excluding hydrogens is 477 g/mol. The summed E-state index contributed by atoms with van der Waals surface area (Å²) in [6.07, 6.45) is 0. The molecule has 1 atom stereocenters. The third-order valence-corrected chi connectivity index (χ3v) is 6.20. The number of nitrogens with two attached hydrogens (primary N) is 1. The summed E-state index contributed by atoms with van der Waals surface area (Å²) in [4.78, 5) is 14.9. The van der Waals surface area contributed by atoms with Crippen LogP contribution in [0.15, 0.2) is 53.7 Å². The van der Waals surface area contributed by atoms with Crippen LogP contribution in [-0.2, 0) is 5.75 Å². The Bertz CT molecular complexity index is 1260. The number of hydrogen-bond acceptors (Lipinski definition) is 9. The molecule has 3 N–H and O–H groups in total. The molecule has 4 rings (SSSR count). The molecule has 12 heteroatoms. The van der Waals surface area contributed by atoms with E-state index in [1.54, 1.807) is 12.1 Å². The van der Waals surface area contributed by atoms with Crippen LogP contribution in [0.4, 0.5) is 22.0 Å². The lowest BCUT2D eigenvalue weighted by molar-refractivity contribution is 0.305. The van der Waals surface area contributed by atoms with Crippen molar-refractivity contribution in [1.29, 1.82) is 0 Å². The van der Waals surface area contributed by atoms with Gasteiger partial charge in [-0.3, -0.25) is 9.47 Å². The van der Waals surface area contributed by atoms with Crippen LogP contribution < -0.4 is 11.1 Å². The number of halogens is 2. The first-order chi connectivity index (χ1) is 16.3. The predicted octanol–water partition coefficient (Wildman–Crippen LogP) is 4.49. The Labute approximate surface area is 205 Å². The largest absolute Gasteiger partial charge is 0.368 e. The Hall–Kier alpha value is -3.28. The highest BCUT2D eigenvalue weighted by atomic mass is 35.5. The summed E-state index contributed by atoms with van der Waals surface area (Å²) < 4.78 is 15.2. The average Bonchev–Trinajstić information content (AvgIpc) is 3.22. The third kappa shape index (κ3) is 5.61. The Morgan fingerprint density at radius 1 is 1.06 bits per heavy atom. The van der Waals surface area contributed by atoms with E-state index in [0.29, 0.717) is 27.4 Å². The fourth-order valence-electron chi connectivity index (χ4n) is 3.06. The van der Waals surface area contributed by atoms with Crippen molar-refractivity contribution in [3.63, 3.8) is 0 Å². The molecule has 0 aliphatic carbocycles. The molecule has 2 heterocycles. The van der Waals surface area contributed by atoms with Gasteiger partial charge in [-0.2, -0.15) is 15.0 Å². The van der Waals surface area contributed by atoms with Crippen LogP contribution in [0.25, 0.3) is 5.69 Å². The molecule has 0 amide bonds. The Morgan fingerprint density at radius 3 is 2.44 bits per heavy atom. The van der Waals surface area contributed by atoms with Crippen molar-refractivity contribution in [2.75, 3.05) is 25.1 Å². The van der Waals surface area contributed by atoms with Crippen LogP contribution in [0.1, 0.15) is 24.6 Å². The highest BCUT2D eigenvalue weighted by molar-refractivity contribution is 7.98. The van der Waals surface area contributed by atoms with Crippen molar-refractivity contribution < 1.29 is 4.39 Å². The fourth-order valence-corrected chi connectivity index (χ4v) is 4.00. The molecule has 0 aliphatic rings. The molecule has 0 unspecified atom stereocenters. The first kappa shape index (κ1) is 23.9. The van der Waals surface area contributed by atoms with Crippen molar-refractivity contribution in [1.82, 2.24) is 34.6 Å². The lowest BCUT2D eigenvalue weighted by atomic mass is 10.2. The summed E-state index contributed by atoms with van der Waals surface area (Å²) in [5, 5.41) is 13.2. The molecule has 2 aromatic heterocycles. The summed E-state index contributed by atoms with van der Waals surface area (Å²) in [6, 6.07) is 13.4. The van der Waals surface area contributed by atoms with E-state index in [4.69, 9.17) is 17.3 Å². The van der Waals surface area contributed by atoms with Gasteiger partial charge < -0.3 is 11.1 Å². The normalized spacial score (nSPS) is 12.2. The quantitative estimate of drug-likeness (QED) is 0.339. The molecule has 0 aliphatic heterocycles. The first-order valence-electron chi connectivity index (χ1n) is 10.3. The number of anilines is 3. The van der Waals surface area contributed by atoms with Gasteiger partial charge in [0.1, 0.15) is 11.6 Å². The molecule has 0 bridgehead atoms. The van der Waals surface area contributed by atoms with Crippen molar-refractivity contribution in [2.24, 2.45) is 0 Å². The Morgan fingerprint density at radius 2 is 1.76 bits per heavy atom. The number of hydrogen-bond donors (Lipinski definition) is 2. The maximum atomic E-state index is 13.2. The summed E-state index contributed by atoms with van der Waals surface area (Å²) in [5.74, 6) is 1.67. The van der Waals surface area contributed by atoms with E-state index >= 15 is 0 Å². The van der Waals surface area contributed by atoms with Crippen LogP contribution in [0.5, 0.6) is 0 Å². The molecule has 2 aromatic carbocycles. The summed E-state index contributed by atoms with van der Waals surface area (Å²) >= 11 is 7.52. The molecular formula is C22H23ClFN9S.